The number of para-hydroxylation sites is 1. The number of aromatic amines is 1. The van der Waals surface area contributed by atoms with Crippen LogP contribution in [-0.2, 0) is 16.0 Å². The second kappa shape index (κ2) is 8.73. The van der Waals surface area contributed by atoms with Crippen molar-refractivity contribution in [3.05, 3.63) is 63.2 Å². The van der Waals surface area contributed by atoms with Gasteiger partial charge in [-0.2, -0.15) is 0 Å². The van der Waals surface area contributed by atoms with E-state index in [-0.39, 0.29) is 29.9 Å². The van der Waals surface area contributed by atoms with Crippen LogP contribution in [0, 0.1) is 13.8 Å². The first-order chi connectivity index (χ1) is 14.9. The average Bonchev–Trinajstić information content (AvgIpc) is 3.39. The molecule has 1 aliphatic heterocycles. The summed E-state index contributed by atoms with van der Waals surface area (Å²) < 4.78 is 7.11. The molecular weight excluding hydrogens is 398 g/mol. The SMILES string of the molecule is Cc1nc2cc(=O)[nH]n2c(C)c1CC(=O)Nc1ccccc1C(=O)NCC1CCCO1. The molecule has 1 unspecified atom stereocenters. The summed E-state index contributed by atoms with van der Waals surface area (Å²) in [5.74, 6) is -0.534. The smallest absolute Gasteiger partial charge is 0.266 e. The maximum Gasteiger partial charge on any atom is 0.266 e. The van der Waals surface area contributed by atoms with E-state index < -0.39 is 0 Å². The molecule has 3 heterocycles. The predicted molar refractivity (Wildman–Crippen MR) is 115 cm³/mol. The largest absolute Gasteiger partial charge is 0.376 e. The number of nitrogens with zero attached hydrogens (tertiary/aromatic N) is 2. The van der Waals surface area contributed by atoms with E-state index in [1.54, 1.807) is 35.7 Å². The molecule has 2 aromatic heterocycles. The molecular formula is C22H25N5O4. The van der Waals surface area contributed by atoms with E-state index in [0.717, 1.165) is 30.7 Å². The highest BCUT2D eigenvalue weighted by Crippen LogP contribution is 2.18. The van der Waals surface area contributed by atoms with Crippen LogP contribution in [-0.4, -0.2) is 45.7 Å². The van der Waals surface area contributed by atoms with Crippen LogP contribution in [0.4, 0.5) is 5.69 Å². The Bertz CT molecular complexity index is 1190. The maximum absolute atomic E-state index is 12.8. The van der Waals surface area contributed by atoms with Crippen molar-refractivity contribution in [3.8, 4) is 0 Å². The minimum Gasteiger partial charge on any atom is -0.376 e. The molecule has 4 rings (SSSR count). The van der Waals surface area contributed by atoms with E-state index >= 15 is 0 Å². The highest BCUT2D eigenvalue weighted by atomic mass is 16.5. The van der Waals surface area contributed by atoms with Gasteiger partial charge in [0.15, 0.2) is 5.65 Å². The molecule has 3 aromatic rings. The van der Waals surface area contributed by atoms with Crippen molar-refractivity contribution < 1.29 is 14.3 Å². The zero-order chi connectivity index (χ0) is 22.0. The highest BCUT2D eigenvalue weighted by molar-refractivity contribution is 6.04. The van der Waals surface area contributed by atoms with Gasteiger partial charge in [-0.15, -0.1) is 0 Å². The van der Waals surface area contributed by atoms with Gasteiger partial charge in [0.25, 0.3) is 11.5 Å². The molecule has 0 bridgehead atoms. The molecule has 31 heavy (non-hydrogen) atoms. The van der Waals surface area contributed by atoms with Crippen molar-refractivity contribution in [2.24, 2.45) is 0 Å². The lowest BCUT2D eigenvalue weighted by molar-refractivity contribution is -0.115. The minimum absolute atomic E-state index is 0.0409. The Hall–Kier alpha value is -3.46. The summed E-state index contributed by atoms with van der Waals surface area (Å²) in [4.78, 5) is 41.5. The number of ether oxygens (including phenoxy) is 1. The zero-order valence-corrected chi connectivity index (χ0v) is 17.5. The third kappa shape index (κ3) is 4.51. The molecule has 162 valence electrons. The molecule has 1 aromatic carbocycles. The van der Waals surface area contributed by atoms with E-state index in [0.29, 0.717) is 29.1 Å². The Morgan fingerprint density at radius 3 is 2.87 bits per heavy atom. The molecule has 0 aliphatic carbocycles. The van der Waals surface area contributed by atoms with Gasteiger partial charge in [0, 0.05) is 36.2 Å². The minimum atomic E-state index is -0.277. The number of H-pyrrole nitrogens is 1. The van der Waals surface area contributed by atoms with Gasteiger partial charge in [-0.3, -0.25) is 19.5 Å². The number of fused-ring (bicyclic) bond motifs is 1. The number of anilines is 1. The van der Waals surface area contributed by atoms with Gasteiger partial charge in [0.1, 0.15) is 0 Å². The van der Waals surface area contributed by atoms with Gasteiger partial charge in [-0.05, 0) is 38.8 Å². The van der Waals surface area contributed by atoms with Crippen LogP contribution >= 0.6 is 0 Å². The summed E-state index contributed by atoms with van der Waals surface area (Å²) in [6, 6.07) is 8.31. The van der Waals surface area contributed by atoms with E-state index in [1.165, 1.54) is 6.07 Å². The van der Waals surface area contributed by atoms with Crippen LogP contribution in [0.1, 0.15) is 40.2 Å². The molecule has 1 aliphatic rings. The molecule has 1 fully saturated rings. The predicted octanol–water partition coefficient (Wildman–Crippen LogP) is 1.73. The van der Waals surface area contributed by atoms with Crippen LogP contribution in [0.2, 0.25) is 0 Å². The molecule has 3 N–H and O–H groups in total. The Balaban J connectivity index is 1.48. The van der Waals surface area contributed by atoms with Gasteiger partial charge in [0.2, 0.25) is 5.91 Å². The van der Waals surface area contributed by atoms with Crippen LogP contribution in [0.5, 0.6) is 0 Å². The monoisotopic (exact) mass is 423 g/mol. The Kier molecular flexibility index (Phi) is 5.85. The number of amides is 2. The number of nitrogens with one attached hydrogen (secondary N) is 3. The fourth-order valence-corrected chi connectivity index (χ4v) is 3.86. The standard InChI is InChI=1S/C22H25N5O4/c1-13-17(14(2)27-19(24-13)11-21(29)26-27)10-20(28)25-18-8-4-3-7-16(18)22(30)23-12-15-6-5-9-31-15/h3-4,7-8,11,15H,5-6,9-10,12H2,1-2H3,(H,23,30)(H,25,28)(H,26,29). The number of benzene rings is 1. The van der Waals surface area contributed by atoms with Crippen molar-refractivity contribution in [3.63, 3.8) is 0 Å². The molecule has 2 amide bonds. The fraction of sp³-hybridized carbons (Fsp3) is 0.364. The van der Waals surface area contributed by atoms with E-state index in [4.69, 9.17) is 4.74 Å². The average molecular weight is 423 g/mol. The van der Waals surface area contributed by atoms with E-state index in [2.05, 4.69) is 20.7 Å². The normalized spacial score (nSPS) is 15.9. The van der Waals surface area contributed by atoms with Gasteiger partial charge in [-0.1, -0.05) is 12.1 Å². The van der Waals surface area contributed by atoms with Crippen molar-refractivity contribution >= 4 is 23.1 Å². The number of aryl methyl sites for hydroxylation is 2. The first kappa shape index (κ1) is 20.8. The summed E-state index contributed by atoms with van der Waals surface area (Å²) in [5.41, 5.74) is 3.23. The maximum atomic E-state index is 12.8. The van der Waals surface area contributed by atoms with E-state index in [1.807, 2.05) is 6.92 Å². The number of hydrogen-bond donors (Lipinski definition) is 3. The van der Waals surface area contributed by atoms with Gasteiger partial charge in [0.05, 0.1) is 23.8 Å². The number of carbonyl (C=O) groups is 2. The lowest BCUT2D eigenvalue weighted by Gasteiger charge is -2.15. The Morgan fingerprint density at radius 1 is 1.29 bits per heavy atom. The topological polar surface area (TPSA) is 118 Å². The number of carbonyl (C=O) groups excluding carboxylic acids is 2. The van der Waals surface area contributed by atoms with Gasteiger partial charge in [-0.25, -0.2) is 9.50 Å². The number of rotatable bonds is 6. The third-order valence-electron chi connectivity index (χ3n) is 5.50. The second-order valence-corrected chi connectivity index (χ2v) is 7.69. The molecule has 1 atom stereocenters. The van der Waals surface area contributed by atoms with Crippen LogP contribution < -0.4 is 16.2 Å². The zero-order valence-electron chi connectivity index (χ0n) is 17.5. The van der Waals surface area contributed by atoms with Crippen molar-refractivity contribution in [1.29, 1.82) is 0 Å². The van der Waals surface area contributed by atoms with Crippen molar-refractivity contribution in [2.45, 2.75) is 39.2 Å². The van der Waals surface area contributed by atoms with Gasteiger partial charge >= 0.3 is 0 Å². The molecule has 0 radical (unpaired) electrons. The third-order valence-corrected chi connectivity index (χ3v) is 5.50. The van der Waals surface area contributed by atoms with Crippen LogP contribution in [0.15, 0.2) is 35.1 Å². The summed E-state index contributed by atoms with van der Waals surface area (Å²) in [7, 11) is 0. The van der Waals surface area contributed by atoms with Crippen molar-refractivity contribution in [2.75, 3.05) is 18.5 Å². The fourth-order valence-electron chi connectivity index (χ4n) is 3.86. The van der Waals surface area contributed by atoms with Crippen LogP contribution in [0.3, 0.4) is 0 Å². The quantitative estimate of drug-likeness (QED) is 0.558. The molecule has 9 nitrogen and oxygen atoms in total. The van der Waals surface area contributed by atoms with Crippen molar-refractivity contribution in [1.82, 2.24) is 19.9 Å². The molecule has 0 spiro atoms. The van der Waals surface area contributed by atoms with Crippen LogP contribution in [0.25, 0.3) is 5.65 Å². The molecule has 0 saturated carbocycles. The Labute approximate surface area is 178 Å². The number of hydrogen-bond acceptors (Lipinski definition) is 5. The Morgan fingerprint density at radius 2 is 2.10 bits per heavy atom. The summed E-state index contributed by atoms with van der Waals surface area (Å²) in [6.45, 7) is 4.80. The second-order valence-electron chi connectivity index (χ2n) is 7.69. The molecule has 9 heteroatoms. The lowest BCUT2D eigenvalue weighted by Crippen LogP contribution is -2.32. The highest BCUT2D eigenvalue weighted by Gasteiger charge is 2.19. The van der Waals surface area contributed by atoms with Gasteiger partial charge < -0.3 is 15.4 Å². The number of aromatic nitrogens is 3. The summed E-state index contributed by atoms with van der Waals surface area (Å²) in [6.07, 6.45) is 2.04. The van der Waals surface area contributed by atoms with E-state index in [9.17, 15) is 14.4 Å². The first-order valence-corrected chi connectivity index (χ1v) is 10.3. The first-order valence-electron chi connectivity index (χ1n) is 10.3. The summed E-state index contributed by atoms with van der Waals surface area (Å²) >= 11 is 0. The summed E-state index contributed by atoms with van der Waals surface area (Å²) in [5, 5.41) is 8.40. The lowest BCUT2D eigenvalue weighted by atomic mass is 10.1. The molecule has 1 saturated heterocycles.